The number of ether oxygens (including phenoxy) is 1. The van der Waals surface area contributed by atoms with Gasteiger partial charge in [-0.1, -0.05) is 46.3 Å². The SMILES string of the molecule is NCCc1cc(OCCCc2ccccc2)ccc1Br. The lowest BCUT2D eigenvalue weighted by atomic mass is 10.1. The lowest BCUT2D eigenvalue weighted by Crippen LogP contribution is -2.04. The van der Waals surface area contributed by atoms with Crippen LogP contribution in [0.15, 0.2) is 53.0 Å². The molecule has 3 heteroatoms. The van der Waals surface area contributed by atoms with Crippen LogP contribution in [0.2, 0.25) is 0 Å². The number of hydrogen-bond donors (Lipinski definition) is 1. The first-order valence-electron chi connectivity index (χ1n) is 6.95. The number of nitrogens with two attached hydrogens (primary N) is 1. The molecule has 0 saturated carbocycles. The first-order chi connectivity index (χ1) is 9.79. The van der Waals surface area contributed by atoms with Crippen molar-refractivity contribution in [2.45, 2.75) is 19.3 Å². The molecule has 0 saturated heterocycles. The van der Waals surface area contributed by atoms with Crippen LogP contribution in [-0.2, 0) is 12.8 Å². The molecular weight excluding hydrogens is 314 g/mol. The lowest BCUT2D eigenvalue weighted by Gasteiger charge is -2.09. The molecule has 2 nitrogen and oxygen atoms in total. The van der Waals surface area contributed by atoms with Crippen molar-refractivity contribution >= 4 is 15.9 Å². The minimum Gasteiger partial charge on any atom is -0.494 e. The highest BCUT2D eigenvalue weighted by Crippen LogP contribution is 2.23. The van der Waals surface area contributed by atoms with E-state index in [0.717, 1.165) is 36.1 Å². The smallest absolute Gasteiger partial charge is 0.119 e. The van der Waals surface area contributed by atoms with Crippen molar-refractivity contribution in [3.8, 4) is 5.75 Å². The van der Waals surface area contributed by atoms with Gasteiger partial charge in [0.2, 0.25) is 0 Å². The molecule has 0 amide bonds. The third-order valence-electron chi connectivity index (χ3n) is 3.15. The Kier molecular flexibility index (Phi) is 6.09. The van der Waals surface area contributed by atoms with Crippen LogP contribution < -0.4 is 10.5 Å². The Morgan fingerprint density at radius 3 is 2.55 bits per heavy atom. The fraction of sp³-hybridized carbons (Fsp3) is 0.294. The molecule has 2 aromatic carbocycles. The third kappa shape index (κ3) is 4.66. The van der Waals surface area contributed by atoms with Crippen LogP contribution in [0.1, 0.15) is 17.5 Å². The summed E-state index contributed by atoms with van der Waals surface area (Å²) < 4.78 is 6.90. The maximum Gasteiger partial charge on any atom is 0.119 e. The second-order valence-corrected chi connectivity index (χ2v) is 5.58. The number of halogens is 1. The molecule has 2 aromatic rings. The summed E-state index contributed by atoms with van der Waals surface area (Å²) in [7, 11) is 0. The number of benzene rings is 2. The zero-order valence-corrected chi connectivity index (χ0v) is 13.1. The van der Waals surface area contributed by atoms with Crippen LogP contribution in [0, 0.1) is 0 Å². The van der Waals surface area contributed by atoms with Crippen LogP contribution in [0.5, 0.6) is 5.75 Å². The lowest BCUT2D eigenvalue weighted by molar-refractivity contribution is 0.310. The van der Waals surface area contributed by atoms with Crippen LogP contribution in [0.3, 0.4) is 0 Å². The van der Waals surface area contributed by atoms with Gasteiger partial charge in [0.1, 0.15) is 5.75 Å². The summed E-state index contributed by atoms with van der Waals surface area (Å²) in [5, 5.41) is 0. The molecule has 0 radical (unpaired) electrons. The maximum absolute atomic E-state index is 5.81. The first kappa shape index (κ1) is 15.1. The molecule has 106 valence electrons. The standard InChI is InChI=1S/C17H20BrNO/c18-17-9-8-16(13-15(17)10-11-19)20-12-4-7-14-5-2-1-3-6-14/h1-3,5-6,8-9,13H,4,7,10-12,19H2. The number of rotatable bonds is 7. The van der Waals surface area contributed by atoms with Crippen molar-refractivity contribution in [2.75, 3.05) is 13.2 Å². The Morgan fingerprint density at radius 1 is 1.00 bits per heavy atom. The highest BCUT2D eigenvalue weighted by molar-refractivity contribution is 9.10. The molecule has 0 atom stereocenters. The van der Waals surface area contributed by atoms with E-state index < -0.39 is 0 Å². The Labute approximate surface area is 129 Å². The fourth-order valence-electron chi connectivity index (χ4n) is 2.10. The van der Waals surface area contributed by atoms with Crippen molar-refractivity contribution in [1.29, 1.82) is 0 Å². The minimum atomic E-state index is 0.649. The average Bonchev–Trinajstić information content (AvgIpc) is 2.48. The van der Waals surface area contributed by atoms with Gasteiger partial charge in [-0.15, -0.1) is 0 Å². The van der Waals surface area contributed by atoms with Crippen molar-refractivity contribution < 1.29 is 4.74 Å². The highest BCUT2D eigenvalue weighted by Gasteiger charge is 2.02. The van der Waals surface area contributed by atoms with Crippen molar-refractivity contribution in [3.63, 3.8) is 0 Å². The van der Waals surface area contributed by atoms with Crippen molar-refractivity contribution in [2.24, 2.45) is 5.73 Å². The summed E-state index contributed by atoms with van der Waals surface area (Å²) in [5.41, 5.74) is 8.16. The monoisotopic (exact) mass is 333 g/mol. The van der Waals surface area contributed by atoms with Gasteiger partial charge in [-0.05, 0) is 55.1 Å². The summed E-state index contributed by atoms with van der Waals surface area (Å²) in [4.78, 5) is 0. The van der Waals surface area contributed by atoms with E-state index in [2.05, 4.69) is 46.3 Å². The van der Waals surface area contributed by atoms with Crippen LogP contribution in [0.25, 0.3) is 0 Å². The van der Waals surface area contributed by atoms with E-state index in [9.17, 15) is 0 Å². The molecule has 0 bridgehead atoms. The summed E-state index contributed by atoms with van der Waals surface area (Å²) in [6, 6.07) is 16.6. The van der Waals surface area contributed by atoms with Gasteiger partial charge in [0.05, 0.1) is 6.61 Å². The van der Waals surface area contributed by atoms with Gasteiger partial charge in [-0.25, -0.2) is 0 Å². The minimum absolute atomic E-state index is 0.649. The predicted molar refractivity (Wildman–Crippen MR) is 87.2 cm³/mol. The summed E-state index contributed by atoms with van der Waals surface area (Å²) >= 11 is 3.53. The van der Waals surface area contributed by atoms with Gasteiger partial charge in [-0.3, -0.25) is 0 Å². The highest BCUT2D eigenvalue weighted by atomic mass is 79.9. The quantitative estimate of drug-likeness (QED) is 0.778. The Bertz CT molecular complexity index is 528. The Balaban J connectivity index is 1.80. The molecule has 0 unspecified atom stereocenters. The van der Waals surface area contributed by atoms with E-state index in [1.807, 2.05) is 18.2 Å². The average molecular weight is 334 g/mol. The van der Waals surface area contributed by atoms with Crippen molar-refractivity contribution in [1.82, 2.24) is 0 Å². The van der Waals surface area contributed by atoms with Gasteiger partial charge in [0.25, 0.3) is 0 Å². The molecule has 0 spiro atoms. The molecule has 2 rings (SSSR count). The molecule has 0 fully saturated rings. The molecule has 0 aliphatic heterocycles. The third-order valence-corrected chi connectivity index (χ3v) is 3.93. The maximum atomic E-state index is 5.81. The van der Waals surface area contributed by atoms with Gasteiger partial charge in [0.15, 0.2) is 0 Å². The van der Waals surface area contributed by atoms with E-state index in [1.165, 1.54) is 11.1 Å². The second kappa shape index (κ2) is 8.08. The Hall–Kier alpha value is -1.32. The largest absolute Gasteiger partial charge is 0.494 e. The van der Waals surface area contributed by atoms with E-state index in [1.54, 1.807) is 0 Å². The number of hydrogen-bond acceptors (Lipinski definition) is 2. The van der Waals surface area contributed by atoms with Crippen LogP contribution in [-0.4, -0.2) is 13.2 Å². The second-order valence-electron chi connectivity index (χ2n) is 4.73. The normalized spacial score (nSPS) is 10.5. The van der Waals surface area contributed by atoms with Gasteiger partial charge >= 0.3 is 0 Å². The summed E-state index contributed by atoms with van der Waals surface area (Å²) in [6.07, 6.45) is 2.93. The van der Waals surface area contributed by atoms with E-state index >= 15 is 0 Å². The summed E-state index contributed by atoms with van der Waals surface area (Å²) in [6.45, 7) is 1.38. The zero-order chi connectivity index (χ0) is 14.2. The van der Waals surface area contributed by atoms with E-state index in [-0.39, 0.29) is 0 Å². The fourth-order valence-corrected chi connectivity index (χ4v) is 2.54. The molecular formula is C17H20BrNO. The Morgan fingerprint density at radius 2 is 1.80 bits per heavy atom. The molecule has 20 heavy (non-hydrogen) atoms. The van der Waals surface area contributed by atoms with Gasteiger partial charge < -0.3 is 10.5 Å². The van der Waals surface area contributed by atoms with Crippen LogP contribution in [0.4, 0.5) is 0 Å². The molecule has 0 aliphatic rings. The zero-order valence-electron chi connectivity index (χ0n) is 11.5. The van der Waals surface area contributed by atoms with Crippen molar-refractivity contribution in [3.05, 3.63) is 64.1 Å². The topological polar surface area (TPSA) is 35.2 Å². The van der Waals surface area contributed by atoms with E-state index in [0.29, 0.717) is 6.54 Å². The van der Waals surface area contributed by atoms with Gasteiger partial charge in [0, 0.05) is 4.47 Å². The molecule has 2 N–H and O–H groups in total. The van der Waals surface area contributed by atoms with E-state index in [4.69, 9.17) is 10.5 Å². The molecule has 0 heterocycles. The number of aryl methyl sites for hydroxylation is 1. The molecule has 0 aromatic heterocycles. The predicted octanol–water partition coefficient (Wildman–Crippen LogP) is 3.96. The first-order valence-corrected chi connectivity index (χ1v) is 7.74. The molecule has 0 aliphatic carbocycles. The van der Waals surface area contributed by atoms with Crippen LogP contribution >= 0.6 is 15.9 Å². The summed E-state index contributed by atoms with van der Waals surface area (Å²) in [5.74, 6) is 0.921. The van der Waals surface area contributed by atoms with Gasteiger partial charge in [-0.2, -0.15) is 0 Å².